The molecule has 0 aliphatic heterocycles. The van der Waals surface area contributed by atoms with Crippen LogP contribution in [0.25, 0.3) is 0 Å². The lowest BCUT2D eigenvalue weighted by Gasteiger charge is -2.17. The van der Waals surface area contributed by atoms with Gasteiger partial charge in [-0.25, -0.2) is 0 Å². The molecule has 0 bridgehead atoms. The minimum Gasteiger partial charge on any atom is -0.461 e. The normalized spacial score (nSPS) is 10.4. The molecule has 0 spiro atoms. The summed E-state index contributed by atoms with van der Waals surface area (Å²) in [5.41, 5.74) is 4.22. The Morgan fingerprint density at radius 2 is 1.43 bits per heavy atom. The van der Waals surface area contributed by atoms with Crippen LogP contribution in [0.2, 0.25) is 0 Å². The number of carbonyl (C=O) groups is 1. The van der Waals surface area contributed by atoms with Crippen molar-refractivity contribution < 1.29 is 9.53 Å². The van der Waals surface area contributed by atoms with Gasteiger partial charge in [0.25, 0.3) is 0 Å². The average molecular weight is 280 g/mol. The maximum absolute atomic E-state index is 12.4. The first-order valence-electron chi connectivity index (χ1n) is 7.02. The van der Waals surface area contributed by atoms with Gasteiger partial charge in [-0.1, -0.05) is 72.3 Å². The van der Waals surface area contributed by atoms with Crippen LogP contribution < -0.4 is 0 Å². The Balaban J connectivity index is 2.38. The van der Waals surface area contributed by atoms with Crippen molar-refractivity contribution in [1.29, 1.82) is 0 Å². The number of hydrogen-bond acceptors (Lipinski definition) is 2. The molecule has 0 aliphatic rings. The van der Waals surface area contributed by atoms with Gasteiger partial charge in [-0.2, -0.15) is 0 Å². The zero-order valence-corrected chi connectivity index (χ0v) is 12.5. The van der Waals surface area contributed by atoms with Gasteiger partial charge in [0.15, 0.2) is 0 Å². The summed E-state index contributed by atoms with van der Waals surface area (Å²) in [6.07, 6.45) is 1.58. The van der Waals surface area contributed by atoms with E-state index in [0.717, 1.165) is 11.1 Å². The van der Waals surface area contributed by atoms with E-state index < -0.39 is 5.92 Å². The van der Waals surface area contributed by atoms with Crippen molar-refractivity contribution in [1.82, 2.24) is 0 Å². The van der Waals surface area contributed by atoms with Gasteiger partial charge in [0, 0.05) is 0 Å². The fourth-order valence-electron chi connectivity index (χ4n) is 2.21. The van der Waals surface area contributed by atoms with Crippen LogP contribution in [-0.4, -0.2) is 12.6 Å². The highest BCUT2D eigenvalue weighted by molar-refractivity contribution is 5.82. The fourth-order valence-corrected chi connectivity index (χ4v) is 2.21. The Morgan fingerprint density at radius 1 is 1.00 bits per heavy atom. The second-order valence-electron chi connectivity index (χ2n) is 5.17. The predicted octanol–water partition coefficient (Wildman–Crippen LogP) is 4.16. The largest absolute Gasteiger partial charge is 0.461 e. The minimum absolute atomic E-state index is 0.229. The lowest BCUT2D eigenvalue weighted by Crippen LogP contribution is -2.17. The number of rotatable bonds is 5. The van der Waals surface area contributed by atoms with Gasteiger partial charge >= 0.3 is 5.97 Å². The molecule has 0 saturated carbocycles. The monoisotopic (exact) mass is 280 g/mol. The molecule has 2 heteroatoms. The number of benzene rings is 2. The lowest BCUT2D eigenvalue weighted by atomic mass is 9.90. The van der Waals surface area contributed by atoms with Gasteiger partial charge in [0.2, 0.25) is 0 Å². The van der Waals surface area contributed by atoms with E-state index in [-0.39, 0.29) is 12.6 Å². The second-order valence-corrected chi connectivity index (χ2v) is 5.17. The van der Waals surface area contributed by atoms with Gasteiger partial charge < -0.3 is 4.74 Å². The molecule has 2 aromatic rings. The quantitative estimate of drug-likeness (QED) is 0.607. The average Bonchev–Trinajstić information content (AvgIpc) is 2.49. The number of carbonyl (C=O) groups excluding carboxylic acids is 1. The molecule has 0 saturated heterocycles. The first kappa shape index (κ1) is 15.0. The Bertz CT molecular complexity index is 564. The minimum atomic E-state index is -0.397. The lowest BCUT2D eigenvalue weighted by molar-refractivity contribution is -0.143. The second kappa shape index (κ2) is 6.89. The molecule has 0 fully saturated rings. The van der Waals surface area contributed by atoms with Crippen LogP contribution >= 0.6 is 0 Å². The van der Waals surface area contributed by atoms with Crippen LogP contribution in [0.5, 0.6) is 0 Å². The van der Waals surface area contributed by atoms with Crippen LogP contribution in [0, 0.1) is 13.8 Å². The Hall–Kier alpha value is -2.35. The zero-order valence-electron chi connectivity index (χ0n) is 12.5. The van der Waals surface area contributed by atoms with E-state index in [1.54, 1.807) is 6.08 Å². The van der Waals surface area contributed by atoms with Crippen LogP contribution in [0.3, 0.4) is 0 Å². The number of hydrogen-bond donors (Lipinski definition) is 0. The van der Waals surface area contributed by atoms with Crippen molar-refractivity contribution in [2.75, 3.05) is 6.61 Å². The maximum Gasteiger partial charge on any atom is 0.318 e. The molecule has 0 atom stereocenters. The van der Waals surface area contributed by atoms with Crippen LogP contribution in [0.1, 0.15) is 28.2 Å². The van der Waals surface area contributed by atoms with Gasteiger partial charge in [0.1, 0.15) is 12.5 Å². The SMILES string of the molecule is C=CCOC(=O)C(c1ccc(C)cc1)c1ccc(C)cc1. The van der Waals surface area contributed by atoms with Gasteiger partial charge in [0.05, 0.1) is 0 Å². The first-order chi connectivity index (χ1) is 10.1. The molecule has 0 heterocycles. The van der Waals surface area contributed by atoms with Crippen molar-refractivity contribution >= 4 is 5.97 Å². The third-order valence-corrected chi connectivity index (χ3v) is 3.40. The van der Waals surface area contributed by atoms with Gasteiger partial charge in [-0.3, -0.25) is 4.79 Å². The van der Waals surface area contributed by atoms with Crippen LogP contribution in [0.15, 0.2) is 61.2 Å². The van der Waals surface area contributed by atoms with Crippen molar-refractivity contribution in [2.45, 2.75) is 19.8 Å². The third kappa shape index (κ3) is 3.82. The molecular formula is C19H20O2. The summed E-state index contributed by atoms with van der Waals surface area (Å²) in [5, 5.41) is 0. The van der Waals surface area contributed by atoms with E-state index in [0.29, 0.717) is 0 Å². The zero-order chi connectivity index (χ0) is 15.2. The molecule has 21 heavy (non-hydrogen) atoms. The van der Waals surface area contributed by atoms with Crippen LogP contribution in [0.4, 0.5) is 0 Å². The molecule has 0 aromatic heterocycles. The van der Waals surface area contributed by atoms with Crippen LogP contribution in [-0.2, 0) is 9.53 Å². The summed E-state index contributed by atoms with van der Waals surface area (Å²) < 4.78 is 5.27. The van der Waals surface area contributed by atoms with Gasteiger partial charge in [-0.05, 0) is 25.0 Å². The highest BCUT2D eigenvalue weighted by Gasteiger charge is 2.23. The molecule has 108 valence electrons. The maximum atomic E-state index is 12.4. The molecule has 0 radical (unpaired) electrons. The first-order valence-corrected chi connectivity index (χ1v) is 7.02. The highest BCUT2D eigenvalue weighted by atomic mass is 16.5. The number of ether oxygens (including phenoxy) is 1. The molecule has 2 nitrogen and oxygen atoms in total. The van der Waals surface area contributed by atoms with Crippen molar-refractivity contribution in [3.63, 3.8) is 0 Å². The number of esters is 1. The van der Waals surface area contributed by atoms with Crippen molar-refractivity contribution in [3.8, 4) is 0 Å². The van der Waals surface area contributed by atoms with Crippen molar-refractivity contribution in [2.24, 2.45) is 0 Å². The molecule has 0 aliphatic carbocycles. The summed E-state index contributed by atoms with van der Waals surface area (Å²) in [4.78, 5) is 12.4. The molecule has 0 N–H and O–H groups in total. The smallest absolute Gasteiger partial charge is 0.318 e. The Labute approximate surface area is 126 Å². The van der Waals surface area contributed by atoms with Gasteiger partial charge in [-0.15, -0.1) is 0 Å². The molecule has 0 unspecified atom stereocenters. The summed E-state index contributed by atoms with van der Waals surface area (Å²) in [5.74, 6) is -0.645. The summed E-state index contributed by atoms with van der Waals surface area (Å²) in [6, 6.07) is 16.0. The molecule has 2 aromatic carbocycles. The van der Waals surface area contributed by atoms with E-state index in [1.165, 1.54) is 11.1 Å². The summed E-state index contributed by atoms with van der Waals surface area (Å²) >= 11 is 0. The van der Waals surface area contributed by atoms with E-state index in [1.807, 2.05) is 62.4 Å². The summed E-state index contributed by atoms with van der Waals surface area (Å²) in [6.45, 7) is 7.87. The molecule has 2 rings (SSSR count). The predicted molar refractivity (Wildman–Crippen MR) is 85.4 cm³/mol. The van der Waals surface area contributed by atoms with Crippen molar-refractivity contribution in [3.05, 3.63) is 83.4 Å². The Kier molecular flexibility index (Phi) is 4.94. The third-order valence-electron chi connectivity index (χ3n) is 3.40. The van der Waals surface area contributed by atoms with E-state index in [2.05, 4.69) is 6.58 Å². The van der Waals surface area contributed by atoms with E-state index in [4.69, 9.17) is 4.74 Å². The topological polar surface area (TPSA) is 26.3 Å². The Morgan fingerprint density at radius 3 is 1.81 bits per heavy atom. The van der Waals surface area contributed by atoms with E-state index in [9.17, 15) is 4.79 Å². The summed E-state index contributed by atoms with van der Waals surface area (Å²) in [7, 11) is 0. The number of aryl methyl sites for hydroxylation is 2. The fraction of sp³-hybridized carbons (Fsp3) is 0.211. The standard InChI is InChI=1S/C19H20O2/c1-4-13-21-19(20)18(16-9-5-14(2)6-10-16)17-11-7-15(3)8-12-17/h4-12,18H,1,13H2,2-3H3. The molecule has 0 amide bonds. The van der Waals surface area contributed by atoms with E-state index >= 15 is 0 Å². The highest BCUT2D eigenvalue weighted by Crippen LogP contribution is 2.26. The molecular weight excluding hydrogens is 260 g/mol.